The summed E-state index contributed by atoms with van der Waals surface area (Å²) >= 11 is 0. The molecule has 0 aromatic heterocycles. The van der Waals surface area contributed by atoms with Crippen molar-refractivity contribution in [1.29, 1.82) is 0 Å². The van der Waals surface area contributed by atoms with Crippen LogP contribution in [0.4, 0.5) is 0 Å². The first-order chi connectivity index (χ1) is 14.6. The number of esters is 1. The number of carbonyl (C=O) groups is 3. The van der Waals surface area contributed by atoms with Gasteiger partial charge in [0.1, 0.15) is 6.54 Å². The third kappa shape index (κ3) is 4.64. The molecule has 1 aliphatic heterocycles. The summed E-state index contributed by atoms with van der Waals surface area (Å²) in [6, 6.07) is 13.4. The van der Waals surface area contributed by atoms with Gasteiger partial charge < -0.3 is 15.0 Å². The molecule has 1 aliphatic carbocycles. The highest BCUT2D eigenvalue weighted by atomic mass is 16.5. The number of rotatable bonds is 5. The fraction of sp³-hybridized carbons (Fsp3) is 0.458. The first-order valence-corrected chi connectivity index (χ1v) is 10.8. The van der Waals surface area contributed by atoms with Gasteiger partial charge in [0.25, 0.3) is 11.8 Å². The number of nitrogens with one attached hydrogen (secondary N) is 1. The molecule has 6 nitrogen and oxygen atoms in total. The number of hydrogen-bond donors (Lipinski definition) is 1. The van der Waals surface area contributed by atoms with Gasteiger partial charge in [0.05, 0.1) is 0 Å². The van der Waals surface area contributed by atoms with Crippen LogP contribution in [0.5, 0.6) is 0 Å². The molecule has 2 atom stereocenters. The van der Waals surface area contributed by atoms with Gasteiger partial charge >= 0.3 is 5.97 Å². The summed E-state index contributed by atoms with van der Waals surface area (Å²) in [7, 11) is 0. The summed E-state index contributed by atoms with van der Waals surface area (Å²) in [5.74, 6) is -0.478. The zero-order valence-corrected chi connectivity index (χ0v) is 17.1. The monoisotopic (exact) mass is 408 g/mol. The molecule has 0 bridgehead atoms. The fourth-order valence-electron chi connectivity index (χ4n) is 4.80. The van der Waals surface area contributed by atoms with Crippen molar-refractivity contribution in [3.05, 3.63) is 48.0 Å². The van der Waals surface area contributed by atoms with E-state index in [1.807, 2.05) is 35.2 Å². The molecule has 1 heterocycles. The van der Waals surface area contributed by atoms with Crippen LogP contribution in [0.1, 0.15) is 48.9 Å². The molecule has 2 aromatic rings. The molecule has 1 saturated heterocycles. The fourth-order valence-corrected chi connectivity index (χ4v) is 4.80. The number of piperidine rings is 1. The number of amides is 2. The number of nitrogens with zero attached hydrogens (tertiary/aromatic N) is 1. The van der Waals surface area contributed by atoms with Crippen molar-refractivity contribution in [2.75, 3.05) is 19.7 Å². The summed E-state index contributed by atoms with van der Waals surface area (Å²) in [4.78, 5) is 38.9. The Labute approximate surface area is 176 Å². The smallest absolute Gasteiger partial charge is 0.325 e. The van der Waals surface area contributed by atoms with E-state index in [2.05, 4.69) is 5.32 Å². The lowest BCUT2D eigenvalue weighted by molar-refractivity contribution is -0.154. The zero-order valence-electron chi connectivity index (χ0n) is 17.1. The minimum atomic E-state index is -0.602. The highest BCUT2D eigenvalue weighted by molar-refractivity contribution is 5.99. The second kappa shape index (κ2) is 9.28. The Bertz CT molecular complexity index is 940. The molecule has 2 aliphatic rings. The van der Waals surface area contributed by atoms with E-state index in [-0.39, 0.29) is 25.0 Å². The van der Waals surface area contributed by atoms with Crippen LogP contribution in [0, 0.1) is 5.92 Å². The summed E-state index contributed by atoms with van der Waals surface area (Å²) in [5, 5.41) is 4.58. The highest BCUT2D eigenvalue weighted by Crippen LogP contribution is 2.35. The summed E-state index contributed by atoms with van der Waals surface area (Å²) in [6.07, 6.45) is 6.85. The van der Waals surface area contributed by atoms with Crippen molar-refractivity contribution in [2.24, 2.45) is 5.92 Å². The zero-order chi connectivity index (χ0) is 20.9. The molecule has 0 radical (unpaired) electrons. The van der Waals surface area contributed by atoms with Crippen molar-refractivity contribution >= 4 is 28.6 Å². The van der Waals surface area contributed by atoms with Gasteiger partial charge in [-0.15, -0.1) is 0 Å². The van der Waals surface area contributed by atoms with Gasteiger partial charge in [-0.25, -0.2) is 0 Å². The molecule has 30 heavy (non-hydrogen) atoms. The highest BCUT2D eigenvalue weighted by Gasteiger charge is 2.35. The molecule has 158 valence electrons. The van der Waals surface area contributed by atoms with Crippen molar-refractivity contribution in [1.82, 2.24) is 10.2 Å². The molecule has 2 amide bonds. The van der Waals surface area contributed by atoms with E-state index in [0.29, 0.717) is 17.5 Å². The molecule has 4 rings (SSSR count). The quantitative estimate of drug-likeness (QED) is 0.771. The van der Waals surface area contributed by atoms with Gasteiger partial charge in [-0.3, -0.25) is 14.4 Å². The number of fused-ring (bicyclic) bond motifs is 2. The van der Waals surface area contributed by atoms with Crippen molar-refractivity contribution in [3.63, 3.8) is 0 Å². The third-order valence-corrected chi connectivity index (χ3v) is 6.33. The van der Waals surface area contributed by atoms with Crippen LogP contribution in [0.3, 0.4) is 0 Å². The maximum Gasteiger partial charge on any atom is 0.325 e. The van der Waals surface area contributed by atoms with E-state index < -0.39 is 5.97 Å². The van der Waals surface area contributed by atoms with Crippen LogP contribution in [0.15, 0.2) is 42.5 Å². The standard InChI is InChI=1S/C24H28N2O4/c27-22(26-13-5-9-18-7-3-4-10-21(18)26)16-30-23(28)15-25-24(29)20-12-11-17-6-1-2-8-19(17)14-20/h1-2,6,8,11-12,14,18,21H,3-5,7,9-10,13,15-16H2,(H,25,29)/t18-,21+/m0/s1. The number of benzene rings is 2. The Morgan fingerprint density at radius 3 is 2.60 bits per heavy atom. The molecule has 0 spiro atoms. The van der Waals surface area contributed by atoms with Crippen LogP contribution in [-0.4, -0.2) is 48.4 Å². The second-order valence-electron chi connectivity index (χ2n) is 8.25. The lowest BCUT2D eigenvalue weighted by Gasteiger charge is -2.44. The van der Waals surface area contributed by atoms with Crippen molar-refractivity contribution in [3.8, 4) is 0 Å². The Morgan fingerprint density at radius 2 is 1.73 bits per heavy atom. The van der Waals surface area contributed by atoms with E-state index in [1.54, 1.807) is 12.1 Å². The van der Waals surface area contributed by atoms with Crippen LogP contribution < -0.4 is 5.32 Å². The first kappa shape index (κ1) is 20.4. The average molecular weight is 408 g/mol. The average Bonchev–Trinajstić information content (AvgIpc) is 2.80. The molecule has 2 fully saturated rings. The number of carbonyl (C=O) groups excluding carboxylic acids is 3. The molecule has 1 saturated carbocycles. The summed E-state index contributed by atoms with van der Waals surface area (Å²) < 4.78 is 5.15. The minimum Gasteiger partial charge on any atom is -0.454 e. The van der Waals surface area contributed by atoms with Gasteiger partial charge in [-0.2, -0.15) is 0 Å². The van der Waals surface area contributed by atoms with Gasteiger partial charge in [0.2, 0.25) is 0 Å². The van der Waals surface area contributed by atoms with Gasteiger partial charge in [-0.05, 0) is 54.5 Å². The molecule has 1 N–H and O–H groups in total. The van der Waals surface area contributed by atoms with E-state index in [9.17, 15) is 14.4 Å². The lowest BCUT2D eigenvalue weighted by Crippen LogP contribution is -2.51. The van der Waals surface area contributed by atoms with Crippen molar-refractivity contribution < 1.29 is 19.1 Å². The lowest BCUT2D eigenvalue weighted by atomic mass is 9.78. The predicted octanol–water partition coefficient (Wildman–Crippen LogP) is 3.29. The van der Waals surface area contributed by atoms with Crippen molar-refractivity contribution in [2.45, 2.75) is 44.6 Å². The number of ether oxygens (including phenoxy) is 1. The maximum absolute atomic E-state index is 12.6. The van der Waals surface area contributed by atoms with Crippen LogP contribution >= 0.6 is 0 Å². The second-order valence-corrected chi connectivity index (χ2v) is 8.25. The Morgan fingerprint density at radius 1 is 0.967 bits per heavy atom. The largest absolute Gasteiger partial charge is 0.454 e. The summed E-state index contributed by atoms with van der Waals surface area (Å²) in [6.45, 7) is 0.231. The maximum atomic E-state index is 12.6. The van der Waals surface area contributed by atoms with E-state index >= 15 is 0 Å². The van der Waals surface area contributed by atoms with E-state index in [0.717, 1.165) is 36.6 Å². The Kier molecular flexibility index (Phi) is 6.31. The third-order valence-electron chi connectivity index (χ3n) is 6.33. The van der Waals surface area contributed by atoms with Gasteiger partial charge in [-0.1, -0.05) is 43.2 Å². The predicted molar refractivity (Wildman–Crippen MR) is 114 cm³/mol. The van der Waals surface area contributed by atoms with Crippen LogP contribution in [-0.2, 0) is 14.3 Å². The van der Waals surface area contributed by atoms with Gasteiger partial charge in [0, 0.05) is 18.2 Å². The normalized spacial score (nSPS) is 21.0. The Hall–Kier alpha value is -2.89. The number of hydrogen-bond acceptors (Lipinski definition) is 4. The van der Waals surface area contributed by atoms with Crippen LogP contribution in [0.25, 0.3) is 10.8 Å². The summed E-state index contributed by atoms with van der Waals surface area (Å²) in [5.41, 5.74) is 0.481. The molecule has 0 unspecified atom stereocenters. The number of likely N-dealkylation sites (tertiary alicyclic amines) is 1. The molecule has 2 aromatic carbocycles. The topological polar surface area (TPSA) is 75.7 Å². The van der Waals surface area contributed by atoms with Gasteiger partial charge in [0.15, 0.2) is 6.61 Å². The Balaban J connectivity index is 1.25. The molecular formula is C24H28N2O4. The molecule has 6 heteroatoms. The minimum absolute atomic E-state index is 0.124. The first-order valence-electron chi connectivity index (χ1n) is 10.8. The van der Waals surface area contributed by atoms with Crippen LogP contribution in [0.2, 0.25) is 0 Å². The van der Waals surface area contributed by atoms with E-state index in [4.69, 9.17) is 4.74 Å². The molecular weight excluding hydrogens is 380 g/mol. The van der Waals surface area contributed by atoms with E-state index in [1.165, 1.54) is 19.3 Å². The SMILES string of the molecule is O=C(CNC(=O)c1ccc2ccccc2c1)OCC(=O)N1CCC[C@@H]2CCCC[C@H]21.